The molecule has 0 saturated heterocycles. The predicted molar refractivity (Wildman–Crippen MR) is 88.4 cm³/mol. The van der Waals surface area contributed by atoms with Crippen LogP contribution in [-0.2, 0) is 6.54 Å². The predicted octanol–water partition coefficient (Wildman–Crippen LogP) is 4.00. The number of carboxylic acid groups (broad SMARTS) is 1. The number of hydrogen-bond acceptors (Lipinski definition) is 3. The van der Waals surface area contributed by atoms with Gasteiger partial charge >= 0.3 is 5.97 Å². The van der Waals surface area contributed by atoms with E-state index in [0.717, 1.165) is 29.8 Å². The van der Waals surface area contributed by atoms with Gasteiger partial charge in [-0.15, -0.1) is 0 Å². The summed E-state index contributed by atoms with van der Waals surface area (Å²) in [5, 5.41) is 9.09. The molecule has 0 amide bonds. The average molecular weight is 306 g/mol. The fourth-order valence-electron chi connectivity index (χ4n) is 2.47. The van der Waals surface area contributed by atoms with Crippen molar-refractivity contribution in [2.75, 3.05) is 12.0 Å². The molecule has 0 atom stereocenters. The van der Waals surface area contributed by atoms with Crippen LogP contribution in [0, 0.1) is 0 Å². The molecule has 1 aromatic carbocycles. The van der Waals surface area contributed by atoms with Gasteiger partial charge in [-0.25, -0.2) is 9.78 Å². The third kappa shape index (κ3) is 3.59. The van der Waals surface area contributed by atoms with E-state index < -0.39 is 5.97 Å². The van der Waals surface area contributed by atoms with Crippen molar-refractivity contribution in [3.63, 3.8) is 0 Å². The van der Waals surface area contributed by atoms with Crippen molar-refractivity contribution >= 4 is 28.8 Å². The van der Waals surface area contributed by atoms with Gasteiger partial charge in [0.05, 0.1) is 16.6 Å². The molecule has 114 valence electrons. The summed E-state index contributed by atoms with van der Waals surface area (Å²) in [4.78, 5) is 15.7. The largest absolute Gasteiger partial charge is 0.478 e. The van der Waals surface area contributed by atoms with Crippen LogP contribution in [0.25, 0.3) is 11.0 Å². The molecular weight excluding hydrogens is 284 g/mol. The standard InChI is InChI=1S/C16H22N2O2S/c1-11(2)15-17-13-10-12(16(19)20)6-7-14(13)18(15)8-4-5-9-21-3/h6-7,10-11H,4-5,8-9H2,1-3H3,(H,19,20). The molecule has 1 heterocycles. The topological polar surface area (TPSA) is 55.1 Å². The minimum atomic E-state index is -0.905. The first-order valence-electron chi connectivity index (χ1n) is 7.27. The van der Waals surface area contributed by atoms with E-state index in [1.54, 1.807) is 12.1 Å². The monoisotopic (exact) mass is 306 g/mol. The highest BCUT2D eigenvalue weighted by molar-refractivity contribution is 7.98. The van der Waals surface area contributed by atoms with Crippen LogP contribution in [0.3, 0.4) is 0 Å². The number of fused-ring (bicyclic) bond motifs is 1. The summed E-state index contributed by atoms with van der Waals surface area (Å²) in [6.45, 7) is 5.19. The highest BCUT2D eigenvalue weighted by Crippen LogP contribution is 2.23. The normalized spacial score (nSPS) is 11.4. The first-order chi connectivity index (χ1) is 10.0. The van der Waals surface area contributed by atoms with Gasteiger partial charge in [0.2, 0.25) is 0 Å². The molecule has 0 unspecified atom stereocenters. The van der Waals surface area contributed by atoms with Crippen molar-refractivity contribution in [2.24, 2.45) is 0 Å². The van der Waals surface area contributed by atoms with E-state index in [1.807, 2.05) is 17.8 Å². The van der Waals surface area contributed by atoms with Crippen LogP contribution in [0.15, 0.2) is 18.2 Å². The summed E-state index contributed by atoms with van der Waals surface area (Å²) in [5.41, 5.74) is 2.11. The van der Waals surface area contributed by atoms with Crippen molar-refractivity contribution in [2.45, 2.75) is 39.2 Å². The number of imidazole rings is 1. The van der Waals surface area contributed by atoms with Crippen LogP contribution >= 0.6 is 11.8 Å². The molecule has 1 aromatic heterocycles. The number of thioether (sulfide) groups is 1. The lowest BCUT2D eigenvalue weighted by Gasteiger charge is -2.11. The minimum absolute atomic E-state index is 0.296. The van der Waals surface area contributed by atoms with E-state index >= 15 is 0 Å². The van der Waals surface area contributed by atoms with Crippen LogP contribution in [0.4, 0.5) is 0 Å². The lowest BCUT2D eigenvalue weighted by atomic mass is 10.2. The lowest BCUT2D eigenvalue weighted by Crippen LogP contribution is -2.06. The molecule has 0 aliphatic heterocycles. The molecule has 0 fully saturated rings. The average Bonchev–Trinajstić information content (AvgIpc) is 2.81. The van der Waals surface area contributed by atoms with Crippen molar-refractivity contribution in [1.82, 2.24) is 9.55 Å². The van der Waals surface area contributed by atoms with E-state index in [1.165, 1.54) is 12.2 Å². The minimum Gasteiger partial charge on any atom is -0.478 e. The number of aromatic nitrogens is 2. The van der Waals surface area contributed by atoms with E-state index in [2.05, 4.69) is 29.7 Å². The molecule has 21 heavy (non-hydrogen) atoms. The quantitative estimate of drug-likeness (QED) is 0.786. The summed E-state index contributed by atoms with van der Waals surface area (Å²) >= 11 is 1.87. The summed E-state index contributed by atoms with van der Waals surface area (Å²) in [6, 6.07) is 5.21. The maximum absolute atomic E-state index is 11.1. The number of unbranched alkanes of at least 4 members (excludes halogenated alkanes) is 1. The Morgan fingerprint density at radius 2 is 2.14 bits per heavy atom. The molecule has 0 radical (unpaired) electrons. The van der Waals surface area contributed by atoms with Crippen LogP contribution < -0.4 is 0 Å². The Morgan fingerprint density at radius 1 is 1.38 bits per heavy atom. The summed E-state index contributed by atoms with van der Waals surface area (Å²) in [6.07, 6.45) is 4.43. The van der Waals surface area contributed by atoms with Gasteiger partial charge in [0, 0.05) is 12.5 Å². The molecular formula is C16H22N2O2S. The fourth-order valence-corrected chi connectivity index (χ4v) is 2.97. The smallest absolute Gasteiger partial charge is 0.335 e. The highest BCUT2D eigenvalue weighted by Gasteiger charge is 2.15. The second-order valence-corrected chi connectivity index (χ2v) is 6.47. The summed E-state index contributed by atoms with van der Waals surface area (Å²) < 4.78 is 2.24. The van der Waals surface area contributed by atoms with E-state index in [-0.39, 0.29) is 0 Å². The number of hydrogen-bond donors (Lipinski definition) is 1. The Kier molecular flexibility index (Phi) is 5.28. The Labute approximate surface area is 129 Å². The molecule has 0 spiro atoms. The third-order valence-electron chi connectivity index (χ3n) is 3.52. The van der Waals surface area contributed by atoms with Crippen molar-refractivity contribution < 1.29 is 9.90 Å². The van der Waals surface area contributed by atoms with Gasteiger partial charge in [-0.3, -0.25) is 0 Å². The number of carboxylic acids is 1. The molecule has 0 aliphatic carbocycles. The number of rotatable bonds is 7. The van der Waals surface area contributed by atoms with Crippen LogP contribution in [0.1, 0.15) is 48.8 Å². The number of nitrogens with zero attached hydrogens (tertiary/aromatic N) is 2. The maximum Gasteiger partial charge on any atom is 0.335 e. The van der Waals surface area contributed by atoms with Gasteiger partial charge < -0.3 is 9.67 Å². The molecule has 5 heteroatoms. The second kappa shape index (κ2) is 6.98. The van der Waals surface area contributed by atoms with Gasteiger partial charge in [-0.05, 0) is 43.0 Å². The number of aryl methyl sites for hydroxylation is 1. The Bertz CT molecular complexity index is 634. The van der Waals surface area contributed by atoms with Crippen molar-refractivity contribution in [3.8, 4) is 0 Å². The maximum atomic E-state index is 11.1. The molecule has 0 saturated carbocycles. The highest BCUT2D eigenvalue weighted by atomic mass is 32.2. The van der Waals surface area contributed by atoms with E-state index in [0.29, 0.717) is 11.5 Å². The van der Waals surface area contributed by atoms with Crippen molar-refractivity contribution in [1.29, 1.82) is 0 Å². The first-order valence-corrected chi connectivity index (χ1v) is 8.66. The zero-order valence-corrected chi connectivity index (χ0v) is 13.6. The zero-order chi connectivity index (χ0) is 15.4. The molecule has 0 aliphatic rings. The SMILES string of the molecule is CSCCCCn1c(C(C)C)nc2cc(C(=O)O)ccc21. The number of benzene rings is 1. The van der Waals surface area contributed by atoms with Gasteiger partial charge in [-0.1, -0.05) is 13.8 Å². The Hall–Kier alpha value is -1.49. The first kappa shape index (κ1) is 15.9. The van der Waals surface area contributed by atoms with Crippen molar-refractivity contribution in [3.05, 3.63) is 29.6 Å². The molecule has 2 aromatic rings. The number of carbonyl (C=O) groups is 1. The van der Waals surface area contributed by atoms with Gasteiger partial charge in [0.25, 0.3) is 0 Å². The number of aromatic carboxylic acids is 1. The van der Waals surface area contributed by atoms with E-state index in [4.69, 9.17) is 5.11 Å². The zero-order valence-electron chi connectivity index (χ0n) is 12.8. The van der Waals surface area contributed by atoms with Crippen LogP contribution in [0.2, 0.25) is 0 Å². The molecule has 0 bridgehead atoms. The van der Waals surface area contributed by atoms with E-state index in [9.17, 15) is 4.79 Å². The summed E-state index contributed by atoms with van der Waals surface area (Å²) in [7, 11) is 0. The molecule has 1 N–H and O–H groups in total. The third-order valence-corrected chi connectivity index (χ3v) is 4.22. The van der Waals surface area contributed by atoms with Crippen LogP contribution in [-0.4, -0.2) is 32.6 Å². The fraction of sp³-hybridized carbons (Fsp3) is 0.500. The van der Waals surface area contributed by atoms with Gasteiger partial charge in [0.15, 0.2) is 0 Å². The Morgan fingerprint density at radius 3 is 2.76 bits per heavy atom. The second-order valence-electron chi connectivity index (χ2n) is 5.48. The van der Waals surface area contributed by atoms with Gasteiger partial charge in [0.1, 0.15) is 5.82 Å². The van der Waals surface area contributed by atoms with Gasteiger partial charge in [-0.2, -0.15) is 11.8 Å². The lowest BCUT2D eigenvalue weighted by molar-refractivity contribution is 0.0697. The Balaban J connectivity index is 2.36. The summed E-state index contributed by atoms with van der Waals surface area (Å²) in [5.74, 6) is 1.63. The van der Waals surface area contributed by atoms with Crippen LogP contribution in [0.5, 0.6) is 0 Å². The molecule has 2 rings (SSSR count). The molecule has 4 nitrogen and oxygen atoms in total.